The predicted molar refractivity (Wildman–Crippen MR) is 162 cm³/mol. The molecule has 2 heterocycles. The summed E-state index contributed by atoms with van der Waals surface area (Å²) in [5, 5.41) is 5.12. The van der Waals surface area contributed by atoms with Crippen LogP contribution in [-0.2, 0) is 0 Å². The molecule has 2 aromatic heterocycles. The number of allylic oxidation sites excluding steroid dienone is 4. The van der Waals surface area contributed by atoms with Gasteiger partial charge in [0.1, 0.15) is 0 Å². The van der Waals surface area contributed by atoms with Gasteiger partial charge >= 0.3 is 0 Å². The van der Waals surface area contributed by atoms with E-state index in [2.05, 4.69) is 137 Å². The summed E-state index contributed by atoms with van der Waals surface area (Å²) >= 11 is 0. The number of nitrogens with one attached hydrogen (secondary N) is 1. The summed E-state index contributed by atoms with van der Waals surface area (Å²) in [6.07, 6.45) is 9.11. The fourth-order valence-corrected chi connectivity index (χ4v) is 6.27. The zero-order valence-electron chi connectivity index (χ0n) is 21.0. The Labute approximate surface area is 221 Å². The lowest BCUT2D eigenvalue weighted by Gasteiger charge is -2.14. The highest BCUT2D eigenvalue weighted by Gasteiger charge is 2.18. The molecule has 38 heavy (non-hydrogen) atoms. The number of hydrogen-bond donors (Lipinski definition) is 1. The standard InChI is InChI=1S/C36H26N2/c1-3-11-24(12-4-1)35-27(20-21-32-36(35)29-16-7-9-17-31(29)37-32)25-19-22-34-30(23-25)28-15-8-10-18-33(28)38(34)26-13-5-2-6-14-26/h1,3-5,7-23,37H,2,6H2. The van der Waals surface area contributed by atoms with Crippen LogP contribution in [-0.4, -0.2) is 9.55 Å². The lowest BCUT2D eigenvalue weighted by Crippen LogP contribution is -1.96. The van der Waals surface area contributed by atoms with Crippen LogP contribution in [0.2, 0.25) is 0 Å². The molecule has 2 heteroatoms. The molecule has 0 radical (unpaired) electrons. The average molecular weight is 487 g/mol. The number of aromatic nitrogens is 2. The molecule has 0 fully saturated rings. The van der Waals surface area contributed by atoms with Crippen LogP contribution in [0.25, 0.3) is 71.6 Å². The maximum absolute atomic E-state index is 3.64. The van der Waals surface area contributed by atoms with E-state index in [4.69, 9.17) is 0 Å². The fraction of sp³-hybridized carbons (Fsp3) is 0.0556. The molecular weight excluding hydrogens is 460 g/mol. The summed E-state index contributed by atoms with van der Waals surface area (Å²) in [7, 11) is 0. The van der Waals surface area contributed by atoms with Crippen molar-refractivity contribution < 1.29 is 0 Å². The lowest BCUT2D eigenvalue weighted by molar-refractivity contribution is 1.02. The number of nitrogens with zero attached hydrogens (tertiary/aromatic N) is 1. The SMILES string of the molecule is C1=CC(n2c3ccccc3c3cc(-c4ccc5[nH]c6ccccc6c5c4-c4ccccc4)ccc32)=CCC1. The second-order valence-electron chi connectivity index (χ2n) is 10.1. The van der Waals surface area contributed by atoms with Gasteiger partial charge in [-0.3, -0.25) is 0 Å². The number of rotatable bonds is 3. The first-order valence-electron chi connectivity index (χ1n) is 13.4. The molecule has 5 aromatic carbocycles. The topological polar surface area (TPSA) is 20.7 Å². The molecule has 0 amide bonds. The highest BCUT2D eigenvalue weighted by Crippen LogP contribution is 2.43. The van der Waals surface area contributed by atoms with Crippen LogP contribution < -0.4 is 0 Å². The van der Waals surface area contributed by atoms with Crippen LogP contribution in [0.5, 0.6) is 0 Å². The van der Waals surface area contributed by atoms with Crippen molar-refractivity contribution in [3.05, 3.63) is 127 Å². The second-order valence-corrected chi connectivity index (χ2v) is 10.1. The van der Waals surface area contributed by atoms with Gasteiger partial charge in [-0.1, -0.05) is 91.0 Å². The Morgan fingerprint density at radius 2 is 1.37 bits per heavy atom. The lowest BCUT2D eigenvalue weighted by atomic mass is 9.90. The largest absolute Gasteiger partial charge is 0.354 e. The van der Waals surface area contributed by atoms with Crippen LogP contribution in [0.3, 0.4) is 0 Å². The molecule has 0 unspecified atom stereocenters. The number of fused-ring (bicyclic) bond motifs is 6. The number of benzene rings is 5. The minimum absolute atomic E-state index is 1.09. The van der Waals surface area contributed by atoms with Gasteiger partial charge in [0, 0.05) is 38.3 Å². The minimum atomic E-state index is 1.09. The maximum atomic E-state index is 3.64. The Morgan fingerprint density at radius 1 is 0.579 bits per heavy atom. The number of hydrogen-bond acceptors (Lipinski definition) is 0. The third-order valence-electron chi connectivity index (χ3n) is 7.95. The summed E-state index contributed by atoms with van der Waals surface area (Å²) in [6.45, 7) is 0. The van der Waals surface area contributed by atoms with Crippen molar-refractivity contribution in [2.75, 3.05) is 0 Å². The first kappa shape index (κ1) is 21.3. The van der Waals surface area contributed by atoms with Crippen molar-refractivity contribution in [1.82, 2.24) is 9.55 Å². The van der Waals surface area contributed by atoms with Gasteiger partial charge in [0.05, 0.1) is 11.0 Å². The molecular formula is C36H26N2. The first-order valence-corrected chi connectivity index (χ1v) is 13.4. The normalized spacial score (nSPS) is 13.6. The van der Waals surface area contributed by atoms with Gasteiger partial charge in [-0.25, -0.2) is 0 Å². The van der Waals surface area contributed by atoms with Crippen LogP contribution in [0, 0.1) is 0 Å². The van der Waals surface area contributed by atoms with E-state index in [0.717, 1.165) is 12.8 Å². The quantitative estimate of drug-likeness (QED) is 0.256. The first-order chi connectivity index (χ1) is 18.9. The Bertz CT molecular complexity index is 2070. The third-order valence-corrected chi connectivity index (χ3v) is 7.95. The van der Waals surface area contributed by atoms with Crippen molar-refractivity contribution in [1.29, 1.82) is 0 Å². The molecule has 1 aliphatic carbocycles. The van der Waals surface area contributed by atoms with Crippen LogP contribution in [0.15, 0.2) is 127 Å². The summed E-state index contributed by atoms with van der Waals surface area (Å²) in [4.78, 5) is 3.64. The Morgan fingerprint density at radius 3 is 2.24 bits per heavy atom. The highest BCUT2D eigenvalue weighted by molar-refractivity contribution is 6.18. The van der Waals surface area contributed by atoms with E-state index in [1.54, 1.807) is 0 Å². The van der Waals surface area contributed by atoms with Crippen LogP contribution in [0.4, 0.5) is 0 Å². The van der Waals surface area contributed by atoms with E-state index in [1.807, 2.05) is 0 Å². The number of aromatic amines is 1. The number of H-pyrrole nitrogens is 1. The van der Waals surface area contributed by atoms with E-state index < -0.39 is 0 Å². The summed E-state index contributed by atoms with van der Waals surface area (Å²) < 4.78 is 2.42. The van der Waals surface area contributed by atoms with E-state index in [-0.39, 0.29) is 0 Å². The molecule has 1 N–H and O–H groups in total. The Balaban J connectivity index is 1.45. The van der Waals surface area contributed by atoms with Gasteiger partial charge in [0.15, 0.2) is 0 Å². The highest BCUT2D eigenvalue weighted by atomic mass is 15.0. The second kappa shape index (κ2) is 8.36. The summed E-state index contributed by atoms with van der Waals surface area (Å²) in [5.41, 5.74) is 11.1. The van der Waals surface area contributed by atoms with Gasteiger partial charge in [0.25, 0.3) is 0 Å². The van der Waals surface area contributed by atoms with E-state index in [1.165, 1.54) is 71.6 Å². The maximum Gasteiger partial charge on any atom is 0.0541 e. The summed E-state index contributed by atoms with van der Waals surface area (Å²) in [5.74, 6) is 0. The third kappa shape index (κ3) is 3.13. The molecule has 0 aliphatic heterocycles. The molecule has 8 rings (SSSR count). The zero-order chi connectivity index (χ0) is 25.1. The van der Waals surface area contributed by atoms with Crippen molar-refractivity contribution in [2.24, 2.45) is 0 Å². The molecule has 0 bridgehead atoms. The van der Waals surface area contributed by atoms with Crippen LogP contribution in [0.1, 0.15) is 12.8 Å². The molecule has 7 aromatic rings. The minimum Gasteiger partial charge on any atom is -0.354 e. The van der Waals surface area contributed by atoms with E-state index >= 15 is 0 Å². The number of para-hydroxylation sites is 2. The van der Waals surface area contributed by atoms with Gasteiger partial charge in [-0.15, -0.1) is 0 Å². The molecule has 2 nitrogen and oxygen atoms in total. The molecule has 1 aliphatic rings. The molecule has 0 saturated heterocycles. The van der Waals surface area contributed by atoms with Crippen LogP contribution >= 0.6 is 0 Å². The van der Waals surface area contributed by atoms with Gasteiger partial charge in [-0.2, -0.15) is 0 Å². The molecule has 180 valence electrons. The zero-order valence-corrected chi connectivity index (χ0v) is 21.0. The van der Waals surface area contributed by atoms with E-state index in [9.17, 15) is 0 Å². The van der Waals surface area contributed by atoms with E-state index in [0.29, 0.717) is 0 Å². The smallest absolute Gasteiger partial charge is 0.0541 e. The van der Waals surface area contributed by atoms with Gasteiger partial charge in [-0.05, 0) is 71.5 Å². The van der Waals surface area contributed by atoms with Crippen molar-refractivity contribution in [3.63, 3.8) is 0 Å². The monoisotopic (exact) mass is 486 g/mol. The van der Waals surface area contributed by atoms with Gasteiger partial charge in [0.2, 0.25) is 0 Å². The molecule has 0 atom stereocenters. The van der Waals surface area contributed by atoms with Crippen molar-refractivity contribution in [3.8, 4) is 22.3 Å². The van der Waals surface area contributed by atoms with Crippen molar-refractivity contribution in [2.45, 2.75) is 12.8 Å². The molecule has 0 spiro atoms. The predicted octanol–water partition coefficient (Wildman–Crippen LogP) is 9.95. The van der Waals surface area contributed by atoms with Crippen molar-refractivity contribution >= 4 is 49.3 Å². The molecule has 0 saturated carbocycles. The average Bonchev–Trinajstić information content (AvgIpc) is 3.53. The Hall–Kier alpha value is -4.82. The Kier molecular flexibility index (Phi) is 4.68. The van der Waals surface area contributed by atoms with Gasteiger partial charge < -0.3 is 9.55 Å². The summed E-state index contributed by atoms with van der Waals surface area (Å²) in [6, 6.07) is 39.8. The fourth-order valence-electron chi connectivity index (χ4n) is 6.27.